The molecular formula is C26H29F3N6O3. The first-order chi connectivity index (χ1) is 18.3. The SMILES string of the molecule is O=C1NCCCNCCCOc2ccc(cc2)CNc2nc(nc(OCC(F)(F)F)n2)Cc2ccc1cc2. The number of halogens is 3. The normalized spacial score (nSPS) is 15.6. The summed E-state index contributed by atoms with van der Waals surface area (Å²) in [6, 6.07) is 13.9. The number of hydrogen-bond acceptors (Lipinski definition) is 8. The molecule has 1 aromatic heterocycles. The van der Waals surface area contributed by atoms with E-state index in [0.717, 1.165) is 42.8 Å². The number of nitrogens with zero attached hydrogens (tertiary/aromatic N) is 3. The molecule has 2 aromatic carbocycles. The molecule has 38 heavy (non-hydrogen) atoms. The Bertz CT molecular complexity index is 1190. The van der Waals surface area contributed by atoms with Gasteiger partial charge in [-0.1, -0.05) is 24.3 Å². The fraction of sp³-hybridized carbons (Fsp3) is 0.385. The second kappa shape index (κ2) is 13.0. The van der Waals surface area contributed by atoms with Crippen LogP contribution in [-0.2, 0) is 13.0 Å². The molecule has 3 aromatic rings. The van der Waals surface area contributed by atoms with Gasteiger partial charge in [0, 0.05) is 25.1 Å². The van der Waals surface area contributed by atoms with E-state index < -0.39 is 18.8 Å². The van der Waals surface area contributed by atoms with Crippen LogP contribution in [0.4, 0.5) is 19.1 Å². The number of nitrogens with one attached hydrogen (secondary N) is 3. The van der Waals surface area contributed by atoms with Gasteiger partial charge in [0.25, 0.3) is 5.91 Å². The molecule has 4 aliphatic rings. The highest BCUT2D eigenvalue weighted by molar-refractivity contribution is 5.94. The number of rotatable bonds is 2. The second-order valence-corrected chi connectivity index (χ2v) is 8.69. The number of benzene rings is 2. The highest BCUT2D eigenvalue weighted by Gasteiger charge is 2.29. The van der Waals surface area contributed by atoms with E-state index in [1.807, 2.05) is 24.3 Å². The molecule has 9 nitrogen and oxygen atoms in total. The highest BCUT2D eigenvalue weighted by Crippen LogP contribution is 2.19. The van der Waals surface area contributed by atoms with Gasteiger partial charge in [0.1, 0.15) is 11.6 Å². The number of ether oxygens (including phenoxy) is 2. The Labute approximate surface area is 218 Å². The van der Waals surface area contributed by atoms with Crippen molar-refractivity contribution in [3.05, 3.63) is 71.0 Å². The second-order valence-electron chi connectivity index (χ2n) is 8.69. The van der Waals surface area contributed by atoms with Gasteiger partial charge in [0.2, 0.25) is 5.95 Å². The Balaban J connectivity index is 1.54. The van der Waals surface area contributed by atoms with Gasteiger partial charge < -0.3 is 25.4 Å². The number of carbonyl (C=O) groups is 1. The van der Waals surface area contributed by atoms with Gasteiger partial charge in [-0.05, 0) is 61.3 Å². The number of anilines is 1. The number of carbonyl (C=O) groups excluding carboxylic acids is 1. The average Bonchev–Trinajstić information content (AvgIpc) is 2.90. The van der Waals surface area contributed by atoms with Gasteiger partial charge in [-0.15, -0.1) is 0 Å². The molecule has 0 radical (unpaired) electrons. The molecule has 0 saturated heterocycles. The summed E-state index contributed by atoms with van der Waals surface area (Å²) in [4.78, 5) is 24.8. The number of aromatic nitrogens is 3. The largest absolute Gasteiger partial charge is 0.494 e. The summed E-state index contributed by atoms with van der Waals surface area (Å²) < 4.78 is 48.7. The average molecular weight is 531 g/mol. The molecule has 3 N–H and O–H groups in total. The molecule has 0 atom stereocenters. The van der Waals surface area contributed by atoms with Gasteiger partial charge in [-0.2, -0.15) is 28.1 Å². The number of hydrogen-bond donors (Lipinski definition) is 3. The van der Waals surface area contributed by atoms with Crippen LogP contribution in [0, 0.1) is 0 Å². The van der Waals surface area contributed by atoms with Crippen LogP contribution in [0.15, 0.2) is 48.5 Å². The van der Waals surface area contributed by atoms with Crippen LogP contribution in [0.1, 0.15) is 40.2 Å². The number of amides is 1. The minimum Gasteiger partial charge on any atom is -0.494 e. The van der Waals surface area contributed by atoms with Crippen molar-refractivity contribution in [2.45, 2.75) is 32.0 Å². The molecule has 5 heterocycles. The van der Waals surface area contributed by atoms with Crippen molar-refractivity contribution in [2.75, 3.05) is 38.2 Å². The molecule has 0 spiro atoms. The van der Waals surface area contributed by atoms with E-state index >= 15 is 0 Å². The fourth-order valence-electron chi connectivity index (χ4n) is 3.64. The van der Waals surface area contributed by atoms with Crippen LogP contribution in [0.2, 0.25) is 0 Å². The molecular weight excluding hydrogens is 501 g/mol. The van der Waals surface area contributed by atoms with Crippen LogP contribution in [0.5, 0.6) is 11.8 Å². The summed E-state index contributed by atoms with van der Waals surface area (Å²) in [6.07, 6.45) is -2.70. The van der Waals surface area contributed by atoms with Gasteiger partial charge in [0.05, 0.1) is 6.61 Å². The lowest BCUT2D eigenvalue weighted by molar-refractivity contribution is -0.154. The predicted molar refractivity (Wildman–Crippen MR) is 134 cm³/mol. The summed E-state index contributed by atoms with van der Waals surface area (Å²) in [5, 5.41) is 9.26. The van der Waals surface area contributed by atoms with Gasteiger partial charge in [0.15, 0.2) is 6.61 Å². The van der Waals surface area contributed by atoms with Crippen molar-refractivity contribution in [3.8, 4) is 11.8 Å². The maximum atomic E-state index is 12.7. The zero-order valence-electron chi connectivity index (χ0n) is 20.7. The Hall–Kier alpha value is -3.93. The van der Waals surface area contributed by atoms with E-state index in [1.54, 1.807) is 24.3 Å². The first-order valence-corrected chi connectivity index (χ1v) is 12.3. The molecule has 202 valence electrons. The van der Waals surface area contributed by atoms with E-state index in [2.05, 4.69) is 30.9 Å². The Morgan fingerprint density at radius 2 is 1.61 bits per heavy atom. The molecule has 6 bridgehead atoms. The lowest BCUT2D eigenvalue weighted by Crippen LogP contribution is -2.27. The monoisotopic (exact) mass is 530 g/mol. The minimum atomic E-state index is -4.53. The standard InChI is InChI=1S/C26H29F3N6O3/c27-26(28,29)17-38-25-34-22-15-18-3-7-20(8-4-18)23(36)31-13-1-11-30-12-2-14-37-21-9-5-19(6-10-21)16-32-24(33-22)35-25/h3-10,30H,1-2,11-17H2,(H,31,36)(H,32,33,34,35). The third-order valence-corrected chi connectivity index (χ3v) is 5.56. The van der Waals surface area contributed by atoms with Crippen LogP contribution >= 0.6 is 0 Å². The summed E-state index contributed by atoms with van der Waals surface area (Å²) in [5.41, 5.74) is 2.18. The van der Waals surface area contributed by atoms with Crippen LogP contribution in [0.25, 0.3) is 0 Å². The first kappa shape index (κ1) is 27.1. The quantitative estimate of drug-likeness (QED) is 0.462. The van der Waals surface area contributed by atoms with Crippen molar-refractivity contribution in [2.24, 2.45) is 0 Å². The number of alkyl halides is 3. The third-order valence-electron chi connectivity index (χ3n) is 5.56. The highest BCUT2D eigenvalue weighted by atomic mass is 19.4. The van der Waals surface area contributed by atoms with E-state index in [9.17, 15) is 18.0 Å². The Kier molecular flexibility index (Phi) is 9.30. The van der Waals surface area contributed by atoms with Crippen molar-refractivity contribution < 1.29 is 27.4 Å². The molecule has 0 unspecified atom stereocenters. The summed E-state index contributed by atoms with van der Waals surface area (Å²) in [5.74, 6) is 0.870. The van der Waals surface area contributed by atoms with Gasteiger partial charge >= 0.3 is 12.2 Å². The smallest absolute Gasteiger partial charge is 0.422 e. The molecule has 0 saturated carbocycles. The van der Waals surface area contributed by atoms with E-state index in [0.29, 0.717) is 25.3 Å². The molecule has 7 rings (SSSR count). The minimum absolute atomic E-state index is 0.0884. The van der Waals surface area contributed by atoms with Crippen LogP contribution < -0.4 is 25.4 Å². The zero-order valence-corrected chi connectivity index (χ0v) is 20.7. The molecule has 4 aliphatic heterocycles. The maximum absolute atomic E-state index is 12.7. The van der Waals surface area contributed by atoms with Crippen LogP contribution in [-0.4, -0.2) is 59.9 Å². The van der Waals surface area contributed by atoms with E-state index in [4.69, 9.17) is 9.47 Å². The van der Waals surface area contributed by atoms with Gasteiger partial charge in [-0.25, -0.2) is 0 Å². The Morgan fingerprint density at radius 1 is 0.868 bits per heavy atom. The van der Waals surface area contributed by atoms with Gasteiger partial charge in [-0.3, -0.25) is 4.79 Å². The lowest BCUT2D eigenvalue weighted by atomic mass is 10.1. The van der Waals surface area contributed by atoms with Crippen molar-refractivity contribution in [1.29, 1.82) is 0 Å². The molecule has 0 aliphatic carbocycles. The van der Waals surface area contributed by atoms with Crippen molar-refractivity contribution in [3.63, 3.8) is 0 Å². The molecule has 12 heteroatoms. The third kappa shape index (κ3) is 8.87. The fourth-order valence-corrected chi connectivity index (χ4v) is 3.64. The first-order valence-electron chi connectivity index (χ1n) is 12.3. The molecule has 1 amide bonds. The van der Waals surface area contributed by atoms with E-state index in [-0.39, 0.29) is 24.1 Å². The lowest BCUT2D eigenvalue weighted by Gasteiger charge is -2.12. The Morgan fingerprint density at radius 3 is 2.37 bits per heavy atom. The predicted octanol–water partition coefficient (Wildman–Crippen LogP) is 3.51. The summed E-state index contributed by atoms with van der Waals surface area (Å²) in [7, 11) is 0. The topological polar surface area (TPSA) is 110 Å². The van der Waals surface area contributed by atoms with Crippen molar-refractivity contribution >= 4 is 11.9 Å². The molecule has 0 fully saturated rings. The summed E-state index contributed by atoms with van der Waals surface area (Å²) in [6.45, 7) is 1.50. The summed E-state index contributed by atoms with van der Waals surface area (Å²) >= 11 is 0. The van der Waals surface area contributed by atoms with Crippen LogP contribution in [0.3, 0.4) is 0 Å². The van der Waals surface area contributed by atoms with Crippen molar-refractivity contribution in [1.82, 2.24) is 25.6 Å². The zero-order chi connectivity index (χ0) is 26.8. The van der Waals surface area contributed by atoms with E-state index in [1.165, 1.54) is 0 Å². The maximum Gasteiger partial charge on any atom is 0.422 e.